The highest BCUT2D eigenvalue weighted by molar-refractivity contribution is 6.09. The molecule has 0 bridgehead atoms. The van der Waals surface area contributed by atoms with Gasteiger partial charge in [-0.05, 0) is 51.7 Å². The number of hydrogen-bond donors (Lipinski definition) is 0. The summed E-state index contributed by atoms with van der Waals surface area (Å²) in [6.45, 7) is 0. The van der Waals surface area contributed by atoms with Gasteiger partial charge in [0, 0.05) is 27.6 Å². The molecule has 0 aliphatic rings. The zero-order valence-electron chi connectivity index (χ0n) is 25.1. The third kappa shape index (κ3) is 4.80. The van der Waals surface area contributed by atoms with Gasteiger partial charge < -0.3 is 4.42 Å². The molecule has 9 rings (SSSR count). The molecule has 3 heterocycles. The smallest absolute Gasteiger partial charge is 0.172 e. The molecule has 0 radical (unpaired) electrons. The van der Waals surface area contributed by atoms with Crippen molar-refractivity contribution in [1.29, 1.82) is 0 Å². The Hall–Kier alpha value is -6.53. The molecule has 6 heteroatoms. The van der Waals surface area contributed by atoms with Gasteiger partial charge in [0.1, 0.15) is 17.4 Å². The van der Waals surface area contributed by atoms with Crippen molar-refractivity contribution in [1.82, 2.24) is 24.9 Å². The van der Waals surface area contributed by atoms with Gasteiger partial charge in [-0.25, -0.2) is 24.9 Å². The van der Waals surface area contributed by atoms with Crippen LogP contribution in [0.1, 0.15) is 0 Å². The number of hydrogen-bond acceptors (Lipinski definition) is 6. The Balaban J connectivity index is 1.28. The molecular weight excluding hydrogens is 578 g/mol. The fourth-order valence-electron chi connectivity index (χ4n) is 6.23. The Kier molecular flexibility index (Phi) is 6.35. The van der Waals surface area contributed by atoms with Gasteiger partial charge in [0.2, 0.25) is 0 Å². The number of rotatable bonds is 5. The summed E-state index contributed by atoms with van der Waals surface area (Å²) in [6, 6.07) is 47.6. The summed E-state index contributed by atoms with van der Waals surface area (Å²) in [6.07, 6.45) is 3.26. The molecule has 220 valence electrons. The molecule has 0 aliphatic heterocycles. The predicted molar refractivity (Wildman–Crippen MR) is 187 cm³/mol. The first kappa shape index (κ1) is 26.8. The molecule has 0 saturated heterocycles. The highest BCUT2D eigenvalue weighted by atomic mass is 16.3. The van der Waals surface area contributed by atoms with E-state index >= 15 is 0 Å². The monoisotopic (exact) mass is 603 g/mol. The summed E-state index contributed by atoms with van der Waals surface area (Å²) < 4.78 is 6.33. The summed E-state index contributed by atoms with van der Waals surface area (Å²) in [7, 11) is 0. The molecule has 6 nitrogen and oxygen atoms in total. The van der Waals surface area contributed by atoms with Crippen LogP contribution in [0.2, 0.25) is 0 Å². The van der Waals surface area contributed by atoms with E-state index in [0.717, 1.165) is 66.2 Å². The summed E-state index contributed by atoms with van der Waals surface area (Å²) in [5.74, 6) is 1.82. The Morgan fingerprint density at radius 3 is 1.96 bits per heavy atom. The summed E-state index contributed by atoms with van der Waals surface area (Å²) in [4.78, 5) is 23.9. The molecule has 0 amide bonds. The van der Waals surface area contributed by atoms with E-state index in [-0.39, 0.29) is 0 Å². The highest BCUT2D eigenvalue weighted by Gasteiger charge is 2.18. The van der Waals surface area contributed by atoms with Crippen LogP contribution in [-0.2, 0) is 0 Å². The maximum Gasteiger partial charge on any atom is 0.172 e. The number of para-hydroxylation sites is 1. The predicted octanol–water partition coefficient (Wildman–Crippen LogP) is 10.0. The summed E-state index contributed by atoms with van der Waals surface area (Å²) >= 11 is 0. The van der Waals surface area contributed by atoms with Crippen LogP contribution < -0.4 is 0 Å². The lowest BCUT2D eigenvalue weighted by Crippen LogP contribution is -2.01. The molecule has 0 atom stereocenters. The number of furan rings is 1. The van der Waals surface area contributed by atoms with Gasteiger partial charge in [-0.2, -0.15) is 0 Å². The van der Waals surface area contributed by atoms with Crippen molar-refractivity contribution in [2.24, 2.45) is 0 Å². The number of fused-ring (bicyclic) bond motifs is 4. The van der Waals surface area contributed by atoms with E-state index in [1.807, 2.05) is 66.7 Å². The minimum Gasteiger partial charge on any atom is -0.452 e. The zero-order chi connectivity index (χ0) is 31.2. The van der Waals surface area contributed by atoms with Crippen molar-refractivity contribution >= 4 is 32.8 Å². The van der Waals surface area contributed by atoms with Gasteiger partial charge in [-0.3, -0.25) is 0 Å². The minimum atomic E-state index is 0.597. The van der Waals surface area contributed by atoms with E-state index in [1.54, 1.807) is 12.5 Å². The standard InChI is InChI=1S/C41H25N5O/c1-3-11-26(12-4-1)28-16-9-17-30(21-28)40-44-39(27-13-5-2-6-14-27)45-41(46-40)35-23-31(22-29-15-7-8-18-32(29)35)33-19-10-20-34-37-36(47-38(33)34)24-42-25-43-37/h1-25H. The second-order valence-corrected chi connectivity index (χ2v) is 11.4. The molecule has 0 aliphatic carbocycles. The number of aromatic nitrogens is 5. The lowest BCUT2D eigenvalue weighted by Gasteiger charge is -2.13. The first-order valence-electron chi connectivity index (χ1n) is 15.4. The lowest BCUT2D eigenvalue weighted by atomic mass is 9.95. The second kappa shape index (κ2) is 11.1. The Morgan fingerprint density at radius 1 is 0.447 bits per heavy atom. The van der Waals surface area contributed by atoms with Gasteiger partial charge in [-0.15, -0.1) is 0 Å². The van der Waals surface area contributed by atoms with Crippen LogP contribution in [0.15, 0.2) is 156 Å². The topological polar surface area (TPSA) is 77.6 Å². The molecule has 3 aromatic heterocycles. The van der Waals surface area contributed by atoms with Crippen LogP contribution in [0.5, 0.6) is 0 Å². The fraction of sp³-hybridized carbons (Fsp3) is 0. The number of nitrogens with zero attached hydrogens (tertiary/aromatic N) is 5. The third-order valence-corrected chi connectivity index (χ3v) is 8.47. The molecule has 0 saturated carbocycles. The van der Waals surface area contributed by atoms with E-state index in [1.165, 1.54) is 0 Å². The van der Waals surface area contributed by atoms with Crippen LogP contribution in [-0.4, -0.2) is 24.9 Å². The van der Waals surface area contributed by atoms with Gasteiger partial charge in [0.25, 0.3) is 0 Å². The van der Waals surface area contributed by atoms with Crippen molar-refractivity contribution in [2.75, 3.05) is 0 Å². The Labute approximate surface area is 270 Å². The largest absolute Gasteiger partial charge is 0.452 e. The van der Waals surface area contributed by atoms with Gasteiger partial charge in [0.05, 0.1) is 6.20 Å². The summed E-state index contributed by atoms with van der Waals surface area (Å²) in [5.41, 5.74) is 9.15. The van der Waals surface area contributed by atoms with Crippen LogP contribution in [0.3, 0.4) is 0 Å². The van der Waals surface area contributed by atoms with Gasteiger partial charge in [-0.1, -0.05) is 115 Å². The average Bonchev–Trinajstić information content (AvgIpc) is 3.54. The molecular formula is C41H25N5O. The first-order valence-corrected chi connectivity index (χ1v) is 15.4. The third-order valence-electron chi connectivity index (χ3n) is 8.47. The maximum atomic E-state index is 6.33. The molecule has 0 spiro atoms. The minimum absolute atomic E-state index is 0.597. The van der Waals surface area contributed by atoms with Gasteiger partial charge >= 0.3 is 0 Å². The van der Waals surface area contributed by atoms with E-state index in [2.05, 4.69) is 82.8 Å². The number of benzene rings is 6. The second-order valence-electron chi connectivity index (χ2n) is 11.4. The fourth-order valence-corrected chi connectivity index (χ4v) is 6.23. The van der Waals surface area contributed by atoms with Crippen molar-refractivity contribution in [3.63, 3.8) is 0 Å². The Morgan fingerprint density at radius 2 is 1.11 bits per heavy atom. The zero-order valence-corrected chi connectivity index (χ0v) is 25.1. The van der Waals surface area contributed by atoms with Crippen molar-refractivity contribution in [3.8, 4) is 56.4 Å². The lowest BCUT2D eigenvalue weighted by molar-refractivity contribution is 0.666. The molecule has 0 unspecified atom stereocenters. The molecule has 47 heavy (non-hydrogen) atoms. The van der Waals surface area contributed by atoms with Crippen LogP contribution in [0.25, 0.3) is 89.3 Å². The van der Waals surface area contributed by atoms with E-state index in [0.29, 0.717) is 23.1 Å². The van der Waals surface area contributed by atoms with Crippen LogP contribution >= 0.6 is 0 Å². The molecule has 6 aromatic carbocycles. The van der Waals surface area contributed by atoms with Crippen molar-refractivity contribution < 1.29 is 4.42 Å². The van der Waals surface area contributed by atoms with Crippen molar-refractivity contribution in [3.05, 3.63) is 152 Å². The normalized spacial score (nSPS) is 11.4. The van der Waals surface area contributed by atoms with Crippen LogP contribution in [0.4, 0.5) is 0 Å². The molecule has 0 N–H and O–H groups in total. The van der Waals surface area contributed by atoms with E-state index < -0.39 is 0 Å². The SMILES string of the molecule is c1ccc(-c2cccc(-c3nc(-c4ccccc4)nc(-c4cc(-c5cccc6c5oc5cncnc56)cc5ccccc45)n3)c2)cc1. The quantitative estimate of drug-likeness (QED) is 0.195. The highest BCUT2D eigenvalue weighted by Crippen LogP contribution is 2.39. The van der Waals surface area contributed by atoms with Gasteiger partial charge in [0.15, 0.2) is 23.1 Å². The summed E-state index contributed by atoms with van der Waals surface area (Å²) in [5, 5.41) is 3.07. The van der Waals surface area contributed by atoms with Crippen molar-refractivity contribution in [2.45, 2.75) is 0 Å². The van der Waals surface area contributed by atoms with E-state index in [4.69, 9.17) is 19.4 Å². The maximum absolute atomic E-state index is 6.33. The first-order chi connectivity index (χ1) is 23.3. The van der Waals surface area contributed by atoms with Crippen LogP contribution in [0, 0.1) is 0 Å². The molecule has 9 aromatic rings. The Bertz CT molecular complexity index is 2580. The average molecular weight is 604 g/mol. The molecule has 0 fully saturated rings. The van der Waals surface area contributed by atoms with E-state index in [9.17, 15) is 0 Å².